The SMILES string of the molecule is Cc1cn2cc(NC(=O)c3ccc(N4C[C@@H](C)N[C@@H](C)C4)c4nccnc34)cc(F)c2n1. The molecule has 2 N–H and O–H groups in total. The van der Waals surface area contributed by atoms with E-state index in [1.54, 1.807) is 42.2 Å². The molecule has 3 aromatic heterocycles. The van der Waals surface area contributed by atoms with Gasteiger partial charge in [-0.3, -0.25) is 14.8 Å². The van der Waals surface area contributed by atoms with Gasteiger partial charge in [-0.05, 0) is 32.9 Å². The van der Waals surface area contributed by atoms with Crippen molar-refractivity contribution in [3.63, 3.8) is 0 Å². The van der Waals surface area contributed by atoms with Gasteiger partial charge in [0.15, 0.2) is 11.5 Å². The quantitative estimate of drug-likeness (QED) is 0.516. The van der Waals surface area contributed by atoms with Gasteiger partial charge >= 0.3 is 0 Å². The van der Waals surface area contributed by atoms with Gasteiger partial charge in [-0.15, -0.1) is 0 Å². The molecule has 32 heavy (non-hydrogen) atoms. The van der Waals surface area contributed by atoms with Crippen molar-refractivity contribution in [2.45, 2.75) is 32.9 Å². The molecule has 4 heterocycles. The third kappa shape index (κ3) is 3.64. The summed E-state index contributed by atoms with van der Waals surface area (Å²) < 4.78 is 16.0. The predicted octanol–water partition coefficient (Wildman–Crippen LogP) is 3.16. The number of nitrogens with one attached hydrogen (secondary N) is 2. The lowest BCUT2D eigenvalue weighted by atomic mass is 10.1. The van der Waals surface area contributed by atoms with E-state index in [9.17, 15) is 9.18 Å². The second kappa shape index (κ2) is 7.83. The fourth-order valence-electron chi connectivity index (χ4n) is 4.45. The Labute approximate surface area is 184 Å². The zero-order chi connectivity index (χ0) is 22.4. The third-order valence-corrected chi connectivity index (χ3v) is 5.63. The van der Waals surface area contributed by atoms with E-state index in [0.717, 1.165) is 18.8 Å². The summed E-state index contributed by atoms with van der Waals surface area (Å²) in [5, 5.41) is 6.31. The standard InChI is InChI=1S/C23H24FN7O/c1-13-9-30(10-14(2)27-13)19-5-4-17(20-21(19)26-7-6-25-20)23(32)29-16-8-18(24)22-28-15(3)11-31(22)12-16/h4-8,11-14,27H,9-10H2,1-3H3,(H,29,32)/t13-,14+. The maximum absolute atomic E-state index is 14.4. The van der Waals surface area contributed by atoms with Crippen LogP contribution >= 0.6 is 0 Å². The van der Waals surface area contributed by atoms with E-state index in [1.807, 2.05) is 6.07 Å². The molecule has 5 rings (SSSR count). The van der Waals surface area contributed by atoms with Gasteiger partial charge in [0.25, 0.3) is 5.91 Å². The molecule has 0 unspecified atom stereocenters. The summed E-state index contributed by atoms with van der Waals surface area (Å²) in [5.41, 5.74) is 3.78. The van der Waals surface area contributed by atoms with Crippen molar-refractivity contribution in [1.29, 1.82) is 0 Å². The fourth-order valence-corrected chi connectivity index (χ4v) is 4.45. The first-order valence-corrected chi connectivity index (χ1v) is 10.6. The van der Waals surface area contributed by atoms with Crippen LogP contribution in [0.25, 0.3) is 16.7 Å². The summed E-state index contributed by atoms with van der Waals surface area (Å²) in [6.45, 7) is 7.76. The number of pyridine rings is 1. The molecule has 4 aromatic rings. The van der Waals surface area contributed by atoms with Crippen molar-refractivity contribution in [1.82, 2.24) is 24.7 Å². The van der Waals surface area contributed by atoms with Crippen LogP contribution < -0.4 is 15.5 Å². The number of halogens is 1. The molecule has 0 bridgehead atoms. The van der Waals surface area contributed by atoms with Crippen molar-refractivity contribution in [2.75, 3.05) is 23.3 Å². The van der Waals surface area contributed by atoms with Crippen molar-refractivity contribution < 1.29 is 9.18 Å². The Kier molecular flexibility index (Phi) is 4.97. The normalized spacial score (nSPS) is 18.9. The maximum atomic E-state index is 14.4. The number of hydrogen-bond acceptors (Lipinski definition) is 6. The van der Waals surface area contributed by atoms with Gasteiger partial charge in [0.2, 0.25) is 0 Å². The highest BCUT2D eigenvalue weighted by molar-refractivity contribution is 6.13. The summed E-state index contributed by atoms with van der Waals surface area (Å²) in [6, 6.07) is 5.62. The minimum Gasteiger partial charge on any atom is -0.367 e. The molecule has 8 nitrogen and oxygen atoms in total. The highest BCUT2D eigenvalue weighted by Gasteiger charge is 2.24. The van der Waals surface area contributed by atoms with Crippen molar-refractivity contribution in [3.8, 4) is 0 Å². The lowest BCUT2D eigenvalue weighted by Gasteiger charge is -2.38. The number of hydrogen-bond donors (Lipinski definition) is 2. The zero-order valence-electron chi connectivity index (χ0n) is 18.1. The molecular weight excluding hydrogens is 409 g/mol. The molecule has 1 aliphatic rings. The Morgan fingerprint density at radius 1 is 1.12 bits per heavy atom. The van der Waals surface area contributed by atoms with Crippen LogP contribution in [0.4, 0.5) is 15.8 Å². The first-order chi connectivity index (χ1) is 15.4. The minimum atomic E-state index is -0.502. The number of rotatable bonds is 3. The third-order valence-electron chi connectivity index (χ3n) is 5.63. The van der Waals surface area contributed by atoms with E-state index < -0.39 is 5.82 Å². The van der Waals surface area contributed by atoms with E-state index in [1.165, 1.54) is 6.07 Å². The number of nitrogens with zero attached hydrogens (tertiary/aromatic N) is 5. The molecule has 164 valence electrons. The molecule has 1 aromatic carbocycles. The summed E-state index contributed by atoms with van der Waals surface area (Å²) in [6.07, 6.45) is 6.56. The number of anilines is 2. The van der Waals surface area contributed by atoms with Gasteiger partial charge in [-0.25, -0.2) is 9.37 Å². The van der Waals surface area contributed by atoms with Crippen LogP contribution in [-0.2, 0) is 0 Å². The van der Waals surface area contributed by atoms with Gasteiger partial charge in [-0.1, -0.05) is 0 Å². The number of piperazine rings is 1. The Bertz CT molecular complexity index is 1320. The Balaban J connectivity index is 1.50. The van der Waals surface area contributed by atoms with Gasteiger partial charge in [-0.2, -0.15) is 0 Å². The van der Waals surface area contributed by atoms with E-state index >= 15 is 0 Å². The number of aromatic nitrogens is 4. The van der Waals surface area contributed by atoms with Crippen molar-refractivity contribution in [3.05, 3.63) is 60.1 Å². The number of amides is 1. The van der Waals surface area contributed by atoms with Gasteiger partial charge in [0, 0.05) is 56.0 Å². The van der Waals surface area contributed by atoms with Gasteiger partial charge < -0.3 is 19.9 Å². The zero-order valence-corrected chi connectivity index (χ0v) is 18.1. The van der Waals surface area contributed by atoms with Crippen molar-refractivity contribution in [2.24, 2.45) is 0 Å². The fraction of sp³-hybridized carbons (Fsp3) is 0.304. The molecule has 0 radical (unpaired) electrons. The second-order valence-electron chi connectivity index (χ2n) is 8.40. The summed E-state index contributed by atoms with van der Waals surface area (Å²) >= 11 is 0. The highest BCUT2D eigenvalue weighted by atomic mass is 19.1. The van der Waals surface area contributed by atoms with Gasteiger partial charge in [0.1, 0.15) is 11.0 Å². The topological polar surface area (TPSA) is 87.5 Å². The van der Waals surface area contributed by atoms with Gasteiger partial charge in [0.05, 0.1) is 22.6 Å². The molecule has 1 amide bonds. The van der Waals surface area contributed by atoms with E-state index in [4.69, 9.17) is 0 Å². The van der Waals surface area contributed by atoms with Crippen LogP contribution in [0.1, 0.15) is 29.9 Å². The molecule has 1 fully saturated rings. The van der Waals surface area contributed by atoms with Crippen LogP contribution in [0.15, 0.2) is 43.0 Å². The molecule has 9 heteroatoms. The number of fused-ring (bicyclic) bond motifs is 2. The lowest BCUT2D eigenvalue weighted by Crippen LogP contribution is -2.54. The lowest BCUT2D eigenvalue weighted by molar-refractivity contribution is 0.102. The molecule has 1 saturated heterocycles. The summed E-state index contributed by atoms with van der Waals surface area (Å²) in [5.74, 6) is -0.877. The number of benzene rings is 1. The monoisotopic (exact) mass is 433 g/mol. The van der Waals surface area contributed by atoms with E-state index in [-0.39, 0.29) is 11.6 Å². The molecule has 1 aliphatic heterocycles. The van der Waals surface area contributed by atoms with Crippen LogP contribution in [-0.4, -0.2) is 50.4 Å². The average Bonchev–Trinajstić information content (AvgIpc) is 3.13. The second-order valence-corrected chi connectivity index (χ2v) is 8.40. The van der Waals surface area contributed by atoms with E-state index in [2.05, 4.69) is 44.3 Å². The smallest absolute Gasteiger partial charge is 0.257 e. The van der Waals surface area contributed by atoms with Crippen molar-refractivity contribution >= 4 is 34.0 Å². The minimum absolute atomic E-state index is 0.223. The van der Waals surface area contributed by atoms with Crippen LogP contribution in [0.2, 0.25) is 0 Å². The summed E-state index contributed by atoms with van der Waals surface area (Å²) in [4.78, 5) is 28.5. The molecule has 2 atom stereocenters. The predicted molar refractivity (Wildman–Crippen MR) is 122 cm³/mol. The first kappa shape index (κ1) is 20.3. The Hall–Kier alpha value is -3.59. The Morgan fingerprint density at radius 2 is 1.84 bits per heavy atom. The molecule has 0 aliphatic carbocycles. The van der Waals surface area contributed by atoms with Crippen LogP contribution in [0, 0.1) is 12.7 Å². The van der Waals surface area contributed by atoms with E-state index in [0.29, 0.717) is 40.1 Å². The molecular formula is C23H24FN7O. The number of aryl methyl sites for hydroxylation is 1. The largest absolute Gasteiger partial charge is 0.367 e. The van der Waals surface area contributed by atoms with Crippen LogP contribution in [0.3, 0.4) is 0 Å². The number of imidazole rings is 1. The Morgan fingerprint density at radius 3 is 2.59 bits per heavy atom. The molecule has 0 spiro atoms. The highest BCUT2D eigenvalue weighted by Crippen LogP contribution is 2.28. The average molecular weight is 433 g/mol. The number of carbonyl (C=O) groups excluding carboxylic acids is 1. The molecule has 0 saturated carbocycles. The maximum Gasteiger partial charge on any atom is 0.257 e. The summed E-state index contributed by atoms with van der Waals surface area (Å²) in [7, 11) is 0. The first-order valence-electron chi connectivity index (χ1n) is 10.6. The number of carbonyl (C=O) groups is 1. The van der Waals surface area contributed by atoms with Crippen LogP contribution in [0.5, 0.6) is 0 Å².